The molecule has 0 aliphatic carbocycles. The quantitative estimate of drug-likeness (QED) is 0.904. The van der Waals surface area contributed by atoms with E-state index in [1.165, 1.54) is 49.2 Å². The normalized spacial score (nSPS) is 24.9. The molecule has 2 rings (SSSR count). The van der Waals surface area contributed by atoms with E-state index in [4.69, 9.17) is 5.73 Å². The van der Waals surface area contributed by atoms with Crippen LogP contribution in [0.4, 0.5) is 0 Å². The van der Waals surface area contributed by atoms with Crippen LogP contribution in [0.1, 0.15) is 56.0 Å². The first-order valence-electron chi connectivity index (χ1n) is 7.67. The Morgan fingerprint density at radius 3 is 2.79 bits per heavy atom. The van der Waals surface area contributed by atoms with Gasteiger partial charge in [-0.25, -0.2) is 0 Å². The molecule has 1 aliphatic rings. The minimum Gasteiger partial charge on any atom is -0.326 e. The lowest BCUT2D eigenvalue weighted by Gasteiger charge is -2.33. The highest BCUT2D eigenvalue weighted by Gasteiger charge is 2.28. The van der Waals surface area contributed by atoms with Gasteiger partial charge in [0.25, 0.3) is 0 Å². The predicted molar refractivity (Wildman–Crippen MR) is 84.7 cm³/mol. The molecular formula is C16H28N2S. The van der Waals surface area contributed by atoms with Gasteiger partial charge in [0, 0.05) is 10.9 Å². The van der Waals surface area contributed by atoms with Crippen LogP contribution in [0.2, 0.25) is 0 Å². The summed E-state index contributed by atoms with van der Waals surface area (Å²) in [5.41, 5.74) is 7.72. The van der Waals surface area contributed by atoms with Crippen LogP contribution in [0.15, 0.2) is 11.4 Å². The van der Waals surface area contributed by atoms with Crippen LogP contribution in [-0.2, 0) is 0 Å². The van der Waals surface area contributed by atoms with Gasteiger partial charge in [0.15, 0.2) is 0 Å². The van der Waals surface area contributed by atoms with E-state index in [9.17, 15) is 0 Å². The predicted octanol–water partition coefficient (Wildman–Crippen LogP) is 3.96. The zero-order chi connectivity index (χ0) is 13.8. The molecule has 1 fully saturated rings. The van der Waals surface area contributed by atoms with Gasteiger partial charge in [0.1, 0.15) is 0 Å². The molecule has 0 aromatic carbocycles. The van der Waals surface area contributed by atoms with E-state index < -0.39 is 0 Å². The minimum absolute atomic E-state index is 0.204. The Bertz CT molecular complexity index is 386. The maximum absolute atomic E-state index is 6.31. The molecule has 2 heterocycles. The molecule has 19 heavy (non-hydrogen) atoms. The fraction of sp³-hybridized carbons (Fsp3) is 0.750. The Balaban J connectivity index is 2.14. The van der Waals surface area contributed by atoms with Gasteiger partial charge in [-0.1, -0.05) is 13.3 Å². The molecule has 0 saturated carbocycles. The summed E-state index contributed by atoms with van der Waals surface area (Å²) < 4.78 is 0. The van der Waals surface area contributed by atoms with Crippen LogP contribution < -0.4 is 5.73 Å². The average Bonchev–Trinajstić information content (AvgIpc) is 2.65. The van der Waals surface area contributed by atoms with Gasteiger partial charge >= 0.3 is 0 Å². The van der Waals surface area contributed by atoms with Crippen molar-refractivity contribution in [3.63, 3.8) is 0 Å². The van der Waals surface area contributed by atoms with Crippen molar-refractivity contribution in [1.29, 1.82) is 0 Å². The summed E-state index contributed by atoms with van der Waals surface area (Å²) in [4.78, 5) is 4.11. The second kappa shape index (κ2) is 6.87. The second-order valence-electron chi connectivity index (χ2n) is 6.01. The maximum atomic E-state index is 6.31. The first-order valence-corrected chi connectivity index (χ1v) is 8.55. The summed E-state index contributed by atoms with van der Waals surface area (Å²) in [5.74, 6) is 0.920. The third-order valence-electron chi connectivity index (χ3n) is 4.52. The van der Waals surface area contributed by atoms with Crippen molar-refractivity contribution in [2.45, 2.75) is 58.5 Å². The summed E-state index contributed by atoms with van der Waals surface area (Å²) >= 11 is 1.87. The van der Waals surface area contributed by atoms with Gasteiger partial charge in [0.2, 0.25) is 0 Å². The van der Waals surface area contributed by atoms with E-state index in [0.29, 0.717) is 6.04 Å². The first kappa shape index (κ1) is 15.0. The van der Waals surface area contributed by atoms with Gasteiger partial charge in [-0.2, -0.15) is 0 Å². The van der Waals surface area contributed by atoms with Crippen molar-refractivity contribution in [3.05, 3.63) is 21.9 Å². The maximum Gasteiger partial charge on any atom is 0.0593 e. The molecule has 2 N–H and O–H groups in total. The van der Waals surface area contributed by atoms with E-state index in [0.717, 1.165) is 5.92 Å². The highest BCUT2D eigenvalue weighted by atomic mass is 32.1. The fourth-order valence-electron chi connectivity index (χ4n) is 3.30. The van der Waals surface area contributed by atoms with Crippen LogP contribution in [0, 0.1) is 12.8 Å². The van der Waals surface area contributed by atoms with E-state index in [2.05, 4.69) is 37.1 Å². The molecule has 108 valence electrons. The Kier molecular flexibility index (Phi) is 5.43. The molecule has 1 aromatic heterocycles. The molecule has 0 spiro atoms. The zero-order valence-electron chi connectivity index (χ0n) is 12.6. The number of thiophene rings is 1. The molecule has 1 saturated heterocycles. The van der Waals surface area contributed by atoms with Gasteiger partial charge in [-0.15, -0.1) is 11.3 Å². The lowest BCUT2D eigenvalue weighted by Crippen LogP contribution is -2.40. The van der Waals surface area contributed by atoms with E-state index in [1.807, 2.05) is 11.3 Å². The van der Waals surface area contributed by atoms with Crippen molar-refractivity contribution in [3.8, 4) is 0 Å². The molecule has 0 radical (unpaired) electrons. The second-order valence-corrected chi connectivity index (χ2v) is 6.96. The lowest BCUT2D eigenvalue weighted by molar-refractivity contribution is 0.183. The Labute approximate surface area is 122 Å². The van der Waals surface area contributed by atoms with Crippen LogP contribution >= 0.6 is 11.3 Å². The fourth-order valence-corrected chi connectivity index (χ4v) is 4.47. The van der Waals surface area contributed by atoms with E-state index >= 15 is 0 Å². The number of aryl methyl sites for hydroxylation is 1. The van der Waals surface area contributed by atoms with E-state index in [-0.39, 0.29) is 6.04 Å². The number of hydrogen-bond donors (Lipinski definition) is 1. The molecule has 0 bridgehead atoms. The minimum atomic E-state index is 0.204. The molecule has 1 aliphatic heterocycles. The number of nitrogens with zero attached hydrogens (tertiary/aromatic N) is 1. The Morgan fingerprint density at radius 1 is 1.42 bits per heavy atom. The molecule has 2 nitrogen and oxygen atoms in total. The van der Waals surface area contributed by atoms with Crippen molar-refractivity contribution in [2.24, 2.45) is 11.7 Å². The Hall–Kier alpha value is -0.380. The monoisotopic (exact) mass is 280 g/mol. The zero-order valence-corrected chi connectivity index (χ0v) is 13.4. The standard InChI is InChI=1S/C16H28N2S/c1-4-14-6-5-9-18(10-7-14)15(13(3)17)16-12(2)8-11-19-16/h8,11,13-15H,4-7,9-10,17H2,1-3H3. The highest BCUT2D eigenvalue weighted by molar-refractivity contribution is 7.10. The third-order valence-corrected chi connectivity index (χ3v) is 5.61. The number of hydrogen-bond acceptors (Lipinski definition) is 3. The third kappa shape index (κ3) is 3.59. The van der Waals surface area contributed by atoms with Gasteiger partial charge < -0.3 is 5.73 Å². The summed E-state index contributed by atoms with van der Waals surface area (Å²) in [6.07, 6.45) is 5.38. The van der Waals surface area contributed by atoms with Crippen LogP contribution in [0.5, 0.6) is 0 Å². The largest absolute Gasteiger partial charge is 0.326 e. The van der Waals surface area contributed by atoms with Crippen molar-refractivity contribution in [2.75, 3.05) is 13.1 Å². The van der Waals surface area contributed by atoms with Crippen LogP contribution in [-0.4, -0.2) is 24.0 Å². The highest BCUT2D eigenvalue weighted by Crippen LogP contribution is 2.33. The molecular weight excluding hydrogens is 252 g/mol. The van der Waals surface area contributed by atoms with Crippen molar-refractivity contribution >= 4 is 11.3 Å². The molecule has 3 atom stereocenters. The summed E-state index contributed by atoms with van der Waals surface area (Å²) in [6.45, 7) is 9.12. The SMILES string of the molecule is CCC1CCCN(C(c2sccc2C)C(C)N)CC1. The summed E-state index contributed by atoms with van der Waals surface area (Å²) in [5, 5.41) is 2.20. The Morgan fingerprint density at radius 2 is 2.21 bits per heavy atom. The molecule has 1 aromatic rings. The summed E-state index contributed by atoms with van der Waals surface area (Å²) in [7, 11) is 0. The van der Waals surface area contributed by atoms with Crippen molar-refractivity contribution in [1.82, 2.24) is 4.90 Å². The molecule has 3 unspecified atom stereocenters. The number of nitrogens with two attached hydrogens (primary N) is 1. The lowest BCUT2D eigenvalue weighted by atomic mass is 9.98. The average molecular weight is 280 g/mol. The molecule has 0 amide bonds. The van der Waals surface area contributed by atoms with Crippen LogP contribution in [0.25, 0.3) is 0 Å². The number of rotatable bonds is 4. The van der Waals surface area contributed by atoms with E-state index in [1.54, 1.807) is 0 Å². The molecule has 3 heteroatoms. The van der Waals surface area contributed by atoms with Crippen molar-refractivity contribution < 1.29 is 0 Å². The smallest absolute Gasteiger partial charge is 0.0593 e. The first-order chi connectivity index (χ1) is 9.13. The topological polar surface area (TPSA) is 29.3 Å². The van der Waals surface area contributed by atoms with Crippen LogP contribution in [0.3, 0.4) is 0 Å². The summed E-state index contributed by atoms with van der Waals surface area (Å²) in [6, 6.07) is 2.84. The van der Waals surface area contributed by atoms with Gasteiger partial charge in [-0.05, 0) is 69.1 Å². The van der Waals surface area contributed by atoms with Gasteiger partial charge in [-0.3, -0.25) is 4.90 Å². The number of likely N-dealkylation sites (tertiary alicyclic amines) is 1. The van der Waals surface area contributed by atoms with Gasteiger partial charge in [0.05, 0.1) is 6.04 Å².